The Morgan fingerprint density at radius 3 is 2.65 bits per heavy atom. The zero-order chi connectivity index (χ0) is 12.4. The van der Waals surface area contributed by atoms with Gasteiger partial charge in [0, 0.05) is 11.1 Å². The smallest absolute Gasteiger partial charge is 0.255 e. The summed E-state index contributed by atoms with van der Waals surface area (Å²) < 4.78 is 1.53. The van der Waals surface area contributed by atoms with Crippen molar-refractivity contribution >= 4 is 23.2 Å². The summed E-state index contributed by atoms with van der Waals surface area (Å²) in [7, 11) is 0. The van der Waals surface area contributed by atoms with Crippen molar-refractivity contribution in [2.75, 3.05) is 0 Å². The Bertz CT molecular complexity index is 608. The highest BCUT2D eigenvalue weighted by atomic mass is 35.5. The zero-order valence-electron chi connectivity index (χ0n) is 9.15. The first-order chi connectivity index (χ1) is 8.08. The standard InChI is InChI=1S/C12H10Cl2N2O/c1-8-15-11(14)6-12(17)16(8)7-9-4-2-3-5-10(9)13/h2-6H,7H2,1H3. The second-order valence-electron chi connectivity index (χ2n) is 3.64. The molecule has 0 saturated heterocycles. The number of hydrogen-bond donors (Lipinski definition) is 0. The maximum absolute atomic E-state index is 11.8. The van der Waals surface area contributed by atoms with Gasteiger partial charge in [0.05, 0.1) is 6.54 Å². The van der Waals surface area contributed by atoms with Gasteiger partial charge in [0.1, 0.15) is 11.0 Å². The largest absolute Gasteiger partial charge is 0.292 e. The Morgan fingerprint density at radius 2 is 2.00 bits per heavy atom. The van der Waals surface area contributed by atoms with Gasteiger partial charge in [-0.3, -0.25) is 9.36 Å². The molecule has 2 aromatic rings. The molecule has 0 fully saturated rings. The van der Waals surface area contributed by atoms with Crippen LogP contribution in [0.2, 0.25) is 10.2 Å². The van der Waals surface area contributed by atoms with Crippen molar-refractivity contribution < 1.29 is 0 Å². The second kappa shape index (κ2) is 4.90. The summed E-state index contributed by atoms with van der Waals surface area (Å²) in [6.07, 6.45) is 0. The van der Waals surface area contributed by atoms with Crippen molar-refractivity contribution in [1.82, 2.24) is 9.55 Å². The molecule has 0 amide bonds. The van der Waals surface area contributed by atoms with Gasteiger partial charge in [0.2, 0.25) is 0 Å². The molecule has 3 nitrogen and oxygen atoms in total. The molecule has 2 rings (SSSR count). The lowest BCUT2D eigenvalue weighted by Crippen LogP contribution is -2.23. The van der Waals surface area contributed by atoms with Gasteiger partial charge >= 0.3 is 0 Å². The van der Waals surface area contributed by atoms with Gasteiger partial charge < -0.3 is 0 Å². The Kier molecular flexibility index (Phi) is 3.50. The molecule has 0 N–H and O–H groups in total. The van der Waals surface area contributed by atoms with Gasteiger partial charge in [-0.1, -0.05) is 41.4 Å². The van der Waals surface area contributed by atoms with Gasteiger partial charge in [-0.25, -0.2) is 4.98 Å². The van der Waals surface area contributed by atoms with Crippen molar-refractivity contribution in [3.63, 3.8) is 0 Å². The van der Waals surface area contributed by atoms with Gasteiger partial charge in [-0.2, -0.15) is 0 Å². The number of aromatic nitrogens is 2. The van der Waals surface area contributed by atoms with Gasteiger partial charge in [0.15, 0.2) is 0 Å². The molecule has 0 bridgehead atoms. The average Bonchev–Trinajstić information content (AvgIpc) is 2.25. The van der Waals surface area contributed by atoms with Gasteiger partial charge in [-0.05, 0) is 18.6 Å². The highest BCUT2D eigenvalue weighted by molar-refractivity contribution is 6.31. The van der Waals surface area contributed by atoms with Crippen molar-refractivity contribution in [3.8, 4) is 0 Å². The van der Waals surface area contributed by atoms with Crippen molar-refractivity contribution in [3.05, 3.63) is 62.2 Å². The van der Waals surface area contributed by atoms with E-state index >= 15 is 0 Å². The van der Waals surface area contributed by atoms with Crippen LogP contribution in [0.5, 0.6) is 0 Å². The zero-order valence-corrected chi connectivity index (χ0v) is 10.7. The summed E-state index contributed by atoms with van der Waals surface area (Å²) in [5.41, 5.74) is 0.700. The number of halogens is 2. The van der Waals surface area contributed by atoms with Gasteiger partial charge in [-0.15, -0.1) is 0 Å². The van der Waals surface area contributed by atoms with E-state index in [9.17, 15) is 4.79 Å². The van der Waals surface area contributed by atoms with E-state index < -0.39 is 0 Å². The number of benzene rings is 1. The first-order valence-corrected chi connectivity index (χ1v) is 5.81. The quantitative estimate of drug-likeness (QED) is 0.786. The molecule has 0 radical (unpaired) electrons. The molecular formula is C12H10Cl2N2O. The highest BCUT2D eigenvalue weighted by Gasteiger charge is 2.06. The maximum Gasteiger partial charge on any atom is 0.255 e. The molecule has 5 heteroatoms. The van der Waals surface area contributed by atoms with Crippen LogP contribution < -0.4 is 5.56 Å². The third-order valence-electron chi connectivity index (χ3n) is 2.45. The molecule has 0 atom stereocenters. The van der Waals surface area contributed by atoms with Crippen LogP contribution in [0, 0.1) is 6.92 Å². The fourth-order valence-electron chi connectivity index (χ4n) is 1.58. The normalized spacial score (nSPS) is 10.5. The van der Waals surface area contributed by atoms with Crippen LogP contribution in [0.3, 0.4) is 0 Å². The minimum atomic E-state index is -0.178. The fraction of sp³-hybridized carbons (Fsp3) is 0.167. The summed E-state index contributed by atoms with van der Waals surface area (Å²) in [6, 6.07) is 8.70. The number of rotatable bonds is 2. The van der Waals surface area contributed by atoms with Crippen LogP contribution in [-0.4, -0.2) is 9.55 Å². The highest BCUT2D eigenvalue weighted by Crippen LogP contribution is 2.16. The van der Waals surface area contributed by atoms with E-state index in [1.165, 1.54) is 10.6 Å². The Hall–Kier alpha value is -1.32. The molecule has 0 saturated carbocycles. The minimum Gasteiger partial charge on any atom is -0.292 e. The van der Waals surface area contributed by atoms with Crippen LogP contribution >= 0.6 is 23.2 Å². The molecule has 17 heavy (non-hydrogen) atoms. The third-order valence-corrected chi connectivity index (χ3v) is 3.02. The first-order valence-electron chi connectivity index (χ1n) is 5.05. The van der Waals surface area contributed by atoms with E-state index in [4.69, 9.17) is 23.2 Å². The van der Waals surface area contributed by atoms with Crippen LogP contribution in [0.15, 0.2) is 35.1 Å². The summed E-state index contributed by atoms with van der Waals surface area (Å²) in [5.74, 6) is 0.572. The Balaban J connectivity index is 2.44. The van der Waals surface area contributed by atoms with Crippen LogP contribution in [0.1, 0.15) is 11.4 Å². The molecule has 1 heterocycles. The number of hydrogen-bond acceptors (Lipinski definition) is 2. The molecule has 0 aliphatic heterocycles. The number of nitrogens with zero attached hydrogens (tertiary/aromatic N) is 2. The molecule has 0 unspecified atom stereocenters. The lowest BCUT2D eigenvalue weighted by atomic mass is 10.2. The fourth-order valence-corrected chi connectivity index (χ4v) is 1.99. The predicted octanol–water partition coefficient (Wildman–Crippen LogP) is 2.91. The summed E-state index contributed by atoms with van der Waals surface area (Å²) in [5, 5.41) is 0.844. The van der Waals surface area contributed by atoms with E-state index in [1.807, 2.05) is 18.2 Å². The second-order valence-corrected chi connectivity index (χ2v) is 4.44. The van der Waals surface area contributed by atoms with E-state index in [-0.39, 0.29) is 10.7 Å². The topological polar surface area (TPSA) is 34.9 Å². The lowest BCUT2D eigenvalue weighted by molar-refractivity contribution is 0.700. The van der Waals surface area contributed by atoms with Crippen LogP contribution in [-0.2, 0) is 6.54 Å². The molecule has 0 aliphatic carbocycles. The Labute approximate surface area is 109 Å². The van der Waals surface area contributed by atoms with E-state index in [0.717, 1.165) is 5.56 Å². The average molecular weight is 269 g/mol. The van der Waals surface area contributed by atoms with Crippen molar-refractivity contribution in [1.29, 1.82) is 0 Å². The molecule has 0 spiro atoms. The third kappa shape index (κ3) is 2.68. The monoisotopic (exact) mass is 268 g/mol. The summed E-state index contributed by atoms with van der Waals surface area (Å²) >= 11 is 11.8. The molecule has 88 valence electrons. The molecule has 1 aromatic carbocycles. The number of aryl methyl sites for hydroxylation is 1. The van der Waals surface area contributed by atoms with Crippen molar-refractivity contribution in [2.24, 2.45) is 0 Å². The molecular weight excluding hydrogens is 259 g/mol. The summed E-state index contributed by atoms with van der Waals surface area (Å²) in [4.78, 5) is 15.8. The molecule has 1 aromatic heterocycles. The Morgan fingerprint density at radius 1 is 1.29 bits per heavy atom. The maximum atomic E-state index is 11.8. The van der Waals surface area contributed by atoms with Crippen LogP contribution in [0.4, 0.5) is 0 Å². The molecule has 0 aliphatic rings. The van der Waals surface area contributed by atoms with E-state index in [1.54, 1.807) is 13.0 Å². The van der Waals surface area contributed by atoms with E-state index in [2.05, 4.69) is 4.98 Å². The lowest BCUT2D eigenvalue weighted by Gasteiger charge is -2.10. The van der Waals surface area contributed by atoms with Gasteiger partial charge in [0.25, 0.3) is 5.56 Å². The minimum absolute atomic E-state index is 0.178. The van der Waals surface area contributed by atoms with E-state index in [0.29, 0.717) is 17.4 Å². The first kappa shape index (κ1) is 12.1. The van der Waals surface area contributed by atoms with Crippen LogP contribution in [0.25, 0.3) is 0 Å². The summed E-state index contributed by atoms with van der Waals surface area (Å²) in [6.45, 7) is 2.14. The predicted molar refractivity (Wildman–Crippen MR) is 68.8 cm³/mol. The SMILES string of the molecule is Cc1nc(Cl)cc(=O)n1Cc1ccccc1Cl. The van der Waals surface area contributed by atoms with Crippen molar-refractivity contribution in [2.45, 2.75) is 13.5 Å².